The second kappa shape index (κ2) is 5.38. The van der Waals surface area contributed by atoms with E-state index in [0.717, 1.165) is 5.56 Å². The van der Waals surface area contributed by atoms with Crippen LogP contribution in [0.3, 0.4) is 0 Å². The summed E-state index contributed by atoms with van der Waals surface area (Å²) in [5.41, 5.74) is 1.57. The van der Waals surface area contributed by atoms with E-state index in [1.165, 1.54) is 36.0 Å². The van der Waals surface area contributed by atoms with Gasteiger partial charge < -0.3 is 4.42 Å². The van der Waals surface area contributed by atoms with E-state index in [-0.39, 0.29) is 11.4 Å². The number of hydrogen-bond donors (Lipinski definition) is 0. The van der Waals surface area contributed by atoms with Gasteiger partial charge in [0.05, 0.1) is 17.4 Å². The van der Waals surface area contributed by atoms with Crippen LogP contribution in [0, 0.1) is 19.7 Å². The molecule has 0 spiro atoms. The van der Waals surface area contributed by atoms with Crippen LogP contribution in [-0.2, 0) is 16.6 Å². The first-order valence-corrected chi connectivity index (χ1v) is 7.50. The van der Waals surface area contributed by atoms with Crippen LogP contribution >= 0.6 is 0 Å². The van der Waals surface area contributed by atoms with E-state index < -0.39 is 15.8 Å². The van der Waals surface area contributed by atoms with Crippen LogP contribution in [0.1, 0.15) is 16.7 Å². The molecule has 1 aromatic heterocycles. The molecule has 6 heteroatoms. The van der Waals surface area contributed by atoms with Gasteiger partial charge in [0.25, 0.3) is 0 Å². The van der Waals surface area contributed by atoms with Crippen molar-refractivity contribution in [2.75, 3.05) is 7.05 Å². The quantitative estimate of drug-likeness (QED) is 0.872. The van der Waals surface area contributed by atoms with Crippen LogP contribution < -0.4 is 0 Å². The average Bonchev–Trinajstić information content (AvgIpc) is 2.79. The van der Waals surface area contributed by atoms with Gasteiger partial charge in [-0.3, -0.25) is 0 Å². The summed E-state index contributed by atoms with van der Waals surface area (Å²) in [6.07, 6.45) is 2.99. The third-order valence-corrected chi connectivity index (χ3v) is 5.19. The molecular formula is C14H16FNO3S. The zero-order chi connectivity index (χ0) is 14.9. The van der Waals surface area contributed by atoms with E-state index >= 15 is 0 Å². The molecule has 0 aliphatic carbocycles. The largest absolute Gasteiger partial charge is 0.472 e. The molecular weight excluding hydrogens is 281 g/mol. The van der Waals surface area contributed by atoms with Crippen LogP contribution in [-0.4, -0.2) is 19.8 Å². The molecule has 4 nitrogen and oxygen atoms in total. The van der Waals surface area contributed by atoms with Gasteiger partial charge >= 0.3 is 0 Å². The Morgan fingerprint density at radius 1 is 1.25 bits per heavy atom. The van der Waals surface area contributed by atoms with Crippen molar-refractivity contribution in [1.82, 2.24) is 4.31 Å². The highest BCUT2D eigenvalue weighted by Crippen LogP contribution is 2.25. The first kappa shape index (κ1) is 14.7. The monoisotopic (exact) mass is 297 g/mol. The fraction of sp³-hybridized carbons (Fsp3) is 0.286. The molecule has 0 bridgehead atoms. The van der Waals surface area contributed by atoms with Crippen molar-refractivity contribution in [1.29, 1.82) is 0 Å². The van der Waals surface area contributed by atoms with Crippen molar-refractivity contribution in [3.05, 3.63) is 53.2 Å². The lowest BCUT2D eigenvalue weighted by atomic mass is 10.1. The van der Waals surface area contributed by atoms with E-state index in [1.807, 2.05) is 0 Å². The van der Waals surface area contributed by atoms with Crippen LogP contribution in [0.15, 0.2) is 40.0 Å². The van der Waals surface area contributed by atoms with E-state index in [4.69, 9.17) is 4.42 Å². The molecule has 0 unspecified atom stereocenters. The van der Waals surface area contributed by atoms with Gasteiger partial charge in [-0.2, -0.15) is 4.31 Å². The standard InChI is InChI=1S/C14H16FNO3S/c1-10-6-13(15)7-11(2)14(10)20(17,18)16(3)8-12-4-5-19-9-12/h4-7,9H,8H2,1-3H3. The third kappa shape index (κ3) is 2.76. The lowest BCUT2D eigenvalue weighted by Gasteiger charge is -2.19. The molecule has 0 saturated carbocycles. The Bertz CT molecular complexity index is 685. The molecule has 108 valence electrons. The van der Waals surface area contributed by atoms with Gasteiger partial charge in [0.2, 0.25) is 10.0 Å². The summed E-state index contributed by atoms with van der Waals surface area (Å²) in [7, 11) is -2.18. The Morgan fingerprint density at radius 2 is 1.85 bits per heavy atom. The van der Waals surface area contributed by atoms with Gasteiger partial charge in [0, 0.05) is 19.2 Å². The Morgan fingerprint density at radius 3 is 2.35 bits per heavy atom. The van der Waals surface area contributed by atoms with Crippen molar-refractivity contribution in [3.8, 4) is 0 Å². The Labute approximate surface area is 117 Å². The molecule has 0 aliphatic heterocycles. The SMILES string of the molecule is Cc1cc(F)cc(C)c1S(=O)(=O)N(C)Cc1ccoc1. The maximum Gasteiger partial charge on any atom is 0.243 e. The first-order chi connectivity index (χ1) is 9.32. The Hall–Kier alpha value is -1.66. The third-order valence-electron chi connectivity index (χ3n) is 3.08. The second-order valence-electron chi connectivity index (χ2n) is 4.76. The van der Waals surface area contributed by atoms with Gasteiger partial charge in [-0.15, -0.1) is 0 Å². The van der Waals surface area contributed by atoms with Crippen molar-refractivity contribution < 1.29 is 17.2 Å². The molecule has 0 amide bonds. The minimum Gasteiger partial charge on any atom is -0.472 e. The predicted octanol–water partition coefficient (Wildman–Crippen LogP) is 2.86. The summed E-state index contributed by atoms with van der Waals surface area (Å²) in [6.45, 7) is 3.39. The molecule has 0 fully saturated rings. The topological polar surface area (TPSA) is 50.5 Å². The highest BCUT2D eigenvalue weighted by atomic mass is 32.2. The van der Waals surface area contributed by atoms with Crippen LogP contribution in [0.2, 0.25) is 0 Å². The zero-order valence-corrected chi connectivity index (χ0v) is 12.4. The number of aryl methyl sites for hydroxylation is 2. The maximum atomic E-state index is 13.3. The lowest BCUT2D eigenvalue weighted by Crippen LogP contribution is -2.27. The minimum absolute atomic E-state index is 0.157. The fourth-order valence-corrected chi connectivity index (χ4v) is 3.75. The summed E-state index contributed by atoms with van der Waals surface area (Å²) in [5.74, 6) is -0.434. The molecule has 2 rings (SSSR count). The number of halogens is 1. The van der Waals surface area contributed by atoms with E-state index in [0.29, 0.717) is 11.1 Å². The number of benzene rings is 1. The van der Waals surface area contributed by atoms with Gasteiger partial charge in [-0.25, -0.2) is 12.8 Å². The van der Waals surface area contributed by atoms with Gasteiger partial charge in [0.15, 0.2) is 0 Å². The molecule has 0 radical (unpaired) electrons. The number of nitrogens with zero attached hydrogens (tertiary/aromatic N) is 1. The van der Waals surface area contributed by atoms with Gasteiger partial charge in [0.1, 0.15) is 5.82 Å². The number of furan rings is 1. The fourth-order valence-electron chi connectivity index (χ4n) is 2.18. The number of hydrogen-bond acceptors (Lipinski definition) is 3. The summed E-state index contributed by atoms with van der Waals surface area (Å²) < 4.78 is 44.6. The molecule has 1 aromatic carbocycles. The molecule has 0 saturated heterocycles. The predicted molar refractivity (Wildman–Crippen MR) is 73.2 cm³/mol. The van der Waals surface area contributed by atoms with Crippen LogP contribution in [0.5, 0.6) is 0 Å². The molecule has 2 aromatic rings. The van der Waals surface area contributed by atoms with Gasteiger partial charge in [-0.1, -0.05) is 0 Å². The first-order valence-electron chi connectivity index (χ1n) is 6.06. The van der Waals surface area contributed by atoms with Crippen molar-refractivity contribution in [2.24, 2.45) is 0 Å². The molecule has 0 atom stereocenters. The van der Waals surface area contributed by atoms with Crippen LogP contribution in [0.25, 0.3) is 0 Å². The second-order valence-corrected chi connectivity index (χ2v) is 6.74. The van der Waals surface area contributed by atoms with Crippen molar-refractivity contribution in [2.45, 2.75) is 25.3 Å². The summed E-state index contributed by atoms with van der Waals surface area (Å²) >= 11 is 0. The zero-order valence-electron chi connectivity index (χ0n) is 11.6. The molecule has 0 N–H and O–H groups in total. The highest BCUT2D eigenvalue weighted by Gasteiger charge is 2.25. The summed E-state index contributed by atoms with van der Waals surface area (Å²) in [5, 5.41) is 0. The van der Waals surface area contributed by atoms with Crippen molar-refractivity contribution in [3.63, 3.8) is 0 Å². The van der Waals surface area contributed by atoms with E-state index in [2.05, 4.69) is 0 Å². The van der Waals surface area contributed by atoms with Crippen molar-refractivity contribution >= 4 is 10.0 Å². The van der Waals surface area contributed by atoms with E-state index in [1.54, 1.807) is 19.9 Å². The maximum absolute atomic E-state index is 13.3. The van der Waals surface area contributed by atoms with Crippen LogP contribution in [0.4, 0.5) is 4.39 Å². The Kier molecular flexibility index (Phi) is 3.96. The minimum atomic E-state index is -3.67. The number of sulfonamides is 1. The van der Waals surface area contributed by atoms with E-state index in [9.17, 15) is 12.8 Å². The molecule has 1 heterocycles. The summed E-state index contributed by atoms with van der Waals surface area (Å²) in [4.78, 5) is 0.157. The smallest absolute Gasteiger partial charge is 0.243 e. The summed E-state index contributed by atoms with van der Waals surface area (Å²) in [6, 6.07) is 4.16. The number of rotatable bonds is 4. The normalized spacial score (nSPS) is 12.1. The lowest BCUT2D eigenvalue weighted by molar-refractivity contribution is 0.462. The van der Waals surface area contributed by atoms with Gasteiger partial charge in [-0.05, 0) is 43.2 Å². The molecule has 20 heavy (non-hydrogen) atoms. The molecule has 0 aliphatic rings. The Balaban J connectivity index is 2.40. The highest BCUT2D eigenvalue weighted by molar-refractivity contribution is 7.89. The average molecular weight is 297 g/mol.